The van der Waals surface area contributed by atoms with Crippen molar-refractivity contribution >= 4 is 6.21 Å². The number of benzene rings is 2. The van der Waals surface area contributed by atoms with Gasteiger partial charge in [-0.05, 0) is 17.7 Å². The number of rotatable bonds is 3. The fraction of sp³-hybridized carbons (Fsp3) is 0.0625. The molecule has 3 aromatic rings. The molecule has 1 heterocycles. The minimum atomic E-state index is -4.38. The van der Waals surface area contributed by atoms with Crippen LogP contribution in [0.15, 0.2) is 66.0 Å². The average Bonchev–Trinajstić information content (AvgIpc) is 3.02. The Kier molecular flexibility index (Phi) is 3.92. The van der Waals surface area contributed by atoms with Gasteiger partial charge in [0.1, 0.15) is 6.33 Å². The van der Waals surface area contributed by atoms with Gasteiger partial charge in [0.25, 0.3) is 0 Å². The number of halogens is 3. The van der Waals surface area contributed by atoms with Crippen LogP contribution in [0.3, 0.4) is 0 Å². The highest BCUT2D eigenvalue weighted by molar-refractivity contribution is 5.80. The van der Waals surface area contributed by atoms with Crippen LogP contribution in [0, 0.1) is 0 Å². The zero-order valence-electron chi connectivity index (χ0n) is 11.8. The molecule has 3 rings (SSSR count). The van der Waals surface area contributed by atoms with Gasteiger partial charge in [0.15, 0.2) is 5.82 Å². The SMILES string of the molecule is FC(F)(F)c1cccc(/C=N\n2cnnc2-c2ccccc2)c1. The summed E-state index contributed by atoms with van der Waals surface area (Å²) in [5.41, 5.74) is 0.437. The van der Waals surface area contributed by atoms with Gasteiger partial charge in [-0.1, -0.05) is 42.5 Å². The van der Waals surface area contributed by atoms with E-state index < -0.39 is 11.7 Å². The molecule has 23 heavy (non-hydrogen) atoms. The molecule has 0 aliphatic rings. The summed E-state index contributed by atoms with van der Waals surface area (Å²) < 4.78 is 39.5. The average molecular weight is 316 g/mol. The van der Waals surface area contributed by atoms with Crippen LogP contribution in [0.4, 0.5) is 13.2 Å². The molecule has 0 unspecified atom stereocenters. The third kappa shape index (κ3) is 3.45. The first-order valence-electron chi connectivity index (χ1n) is 6.71. The summed E-state index contributed by atoms with van der Waals surface area (Å²) in [5, 5.41) is 11.9. The molecule has 0 N–H and O–H groups in total. The van der Waals surface area contributed by atoms with Crippen molar-refractivity contribution in [2.24, 2.45) is 5.10 Å². The first-order valence-corrected chi connectivity index (χ1v) is 6.71. The zero-order chi connectivity index (χ0) is 16.3. The van der Waals surface area contributed by atoms with Crippen molar-refractivity contribution in [3.05, 3.63) is 72.1 Å². The minimum Gasteiger partial charge on any atom is -0.200 e. The second-order valence-electron chi connectivity index (χ2n) is 4.73. The molecular formula is C16H11F3N4. The smallest absolute Gasteiger partial charge is 0.200 e. The van der Waals surface area contributed by atoms with E-state index >= 15 is 0 Å². The Morgan fingerprint density at radius 2 is 1.78 bits per heavy atom. The van der Waals surface area contributed by atoms with Crippen molar-refractivity contribution in [3.8, 4) is 11.4 Å². The lowest BCUT2D eigenvalue weighted by atomic mass is 10.1. The highest BCUT2D eigenvalue weighted by Crippen LogP contribution is 2.29. The molecule has 0 spiro atoms. The standard InChI is InChI=1S/C16H11F3N4/c17-16(18,19)14-8-4-5-12(9-14)10-21-23-11-20-22-15(23)13-6-2-1-3-7-13/h1-11H/b21-10-. The summed E-state index contributed by atoms with van der Waals surface area (Å²) in [5.74, 6) is 0.508. The lowest BCUT2D eigenvalue weighted by Gasteiger charge is -2.06. The molecule has 4 nitrogen and oxygen atoms in total. The Morgan fingerprint density at radius 1 is 1.00 bits per heavy atom. The highest BCUT2D eigenvalue weighted by Gasteiger charge is 2.30. The van der Waals surface area contributed by atoms with E-state index in [0.29, 0.717) is 11.4 Å². The van der Waals surface area contributed by atoms with E-state index in [1.807, 2.05) is 30.3 Å². The van der Waals surface area contributed by atoms with E-state index in [9.17, 15) is 13.2 Å². The lowest BCUT2D eigenvalue weighted by molar-refractivity contribution is -0.137. The van der Waals surface area contributed by atoms with Gasteiger partial charge in [-0.15, -0.1) is 10.2 Å². The largest absolute Gasteiger partial charge is 0.416 e. The predicted molar refractivity (Wildman–Crippen MR) is 79.9 cm³/mol. The van der Waals surface area contributed by atoms with Gasteiger partial charge in [0, 0.05) is 5.56 Å². The van der Waals surface area contributed by atoms with Gasteiger partial charge in [0.2, 0.25) is 0 Å². The maximum Gasteiger partial charge on any atom is 0.416 e. The molecular weight excluding hydrogens is 305 g/mol. The Labute approximate surface area is 129 Å². The molecule has 0 bridgehead atoms. The van der Waals surface area contributed by atoms with E-state index in [-0.39, 0.29) is 0 Å². The lowest BCUT2D eigenvalue weighted by Crippen LogP contribution is -2.05. The molecule has 0 aliphatic carbocycles. The van der Waals surface area contributed by atoms with E-state index in [0.717, 1.165) is 17.7 Å². The van der Waals surface area contributed by atoms with E-state index in [1.165, 1.54) is 23.3 Å². The minimum absolute atomic E-state index is 0.340. The predicted octanol–water partition coefficient (Wildman–Crippen LogP) is 3.85. The van der Waals surface area contributed by atoms with Crippen LogP contribution in [-0.2, 0) is 6.18 Å². The van der Waals surface area contributed by atoms with Gasteiger partial charge < -0.3 is 0 Å². The van der Waals surface area contributed by atoms with Crippen molar-refractivity contribution < 1.29 is 13.2 Å². The van der Waals surface area contributed by atoms with Crippen LogP contribution in [-0.4, -0.2) is 21.1 Å². The van der Waals surface area contributed by atoms with Crippen molar-refractivity contribution in [2.45, 2.75) is 6.18 Å². The number of aromatic nitrogens is 3. The Balaban J connectivity index is 1.89. The molecule has 0 fully saturated rings. The second-order valence-corrected chi connectivity index (χ2v) is 4.73. The summed E-state index contributed by atoms with van der Waals surface area (Å²) in [6.07, 6.45) is -1.65. The third-order valence-corrected chi connectivity index (χ3v) is 3.11. The van der Waals surface area contributed by atoms with Crippen LogP contribution < -0.4 is 0 Å². The van der Waals surface area contributed by atoms with Gasteiger partial charge >= 0.3 is 6.18 Å². The molecule has 0 radical (unpaired) electrons. The Hall–Kier alpha value is -2.96. The van der Waals surface area contributed by atoms with Crippen LogP contribution in [0.25, 0.3) is 11.4 Å². The van der Waals surface area contributed by atoms with Crippen molar-refractivity contribution in [1.82, 2.24) is 14.9 Å². The summed E-state index contributed by atoms with van der Waals surface area (Å²) >= 11 is 0. The van der Waals surface area contributed by atoms with E-state index in [4.69, 9.17) is 0 Å². The normalized spacial score (nSPS) is 12.0. The quantitative estimate of drug-likeness (QED) is 0.689. The maximum absolute atomic E-state index is 12.7. The van der Waals surface area contributed by atoms with Gasteiger partial charge in [-0.2, -0.15) is 22.9 Å². The van der Waals surface area contributed by atoms with Gasteiger partial charge in [-0.25, -0.2) is 0 Å². The molecule has 7 heteroatoms. The Morgan fingerprint density at radius 3 is 2.52 bits per heavy atom. The molecule has 2 aromatic carbocycles. The van der Waals surface area contributed by atoms with E-state index in [1.54, 1.807) is 6.07 Å². The molecule has 0 saturated heterocycles. The van der Waals surface area contributed by atoms with Crippen LogP contribution in [0.1, 0.15) is 11.1 Å². The first-order chi connectivity index (χ1) is 11.0. The number of alkyl halides is 3. The summed E-state index contributed by atoms with van der Waals surface area (Å²) in [7, 11) is 0. The maximum atomic E-state index is 12.7. The zero-order valence-corrected chi connectivity index (χ0v) is 11.8. The molecule has 0 aliphatic heterocycles. The fourth-order valence-corrected chi connectivity index (χ4v) is 2.02. The summed E-state index contributed by atoms with van der Waals surface area (Å²) in [6.45, 7) is 0. The molecule has 116 valence electrons. The number of nitrogens with zero attached hydrogens (tertiary/aromatic N) is 4. The van der Waals surface area contributed by atoms with Crippen LogP contribution in [0.5, 0.6) is 0 Å². The molecule has 0 saturated carbocycles. The number of hydrogen-bond donors (Lipinski definition) is 0. The monoisotopic (exact) mass is 316 g/mol. The highest BCUT2D eigenvalue weighted by atomic mass is 19.4. The molecule has 1 aromatic heterocycles. The van der Waals surface area contributed by atoms with E-state index in [2.05, 4.69) is 15.3 Å². The topological polar surface area (TPSA) is 43.1 Å². The Bertz CT molecular complexity index is 823. The van der Waals surface area contributed by atoms with Crippen LogP contribution >= 0.6 is 0 Å². The second kappa shape index (κ2) is 6.04. The first kappa shape index (κ1) is 15.0. The fourth-order valence-electron chi connectivity index (χ4n) is 2.02. The summed E-state index contributed by atoms with van der Waals surface area (Å²) in [4.78, 5) is 0. The van der Waals surface area contributed by atoms with Gasteiger partial charge in [-0.3, -0.25) is 0 Å². The van der Waals surface area contributed by atoms with Crippen molar-refractivity contribution in [1.29, 1.82) is 0 Å². The molecule has 0 amide bonds. The third-order valence-electron chi connectivity index (χ3n) is 3.11. The summed E-state index contributed by atoms with van der Waals surface area (Å²) in [6, 6.07) is 14.2. The van der Waals surface area contributed by atoms with Crippen LogP contribution in [0.2, 0.25) is 0 Å². The van der Waals surface area contributed by atoms with Gasteiger partial charge in [0.05, 0.1) is 11.8 Å². The number of hydrogen-bond acceptors (Lipinski definition) is 3. The molecule has 0 atom stereocenters. The van der Waals surface area contributed by atoms with Crippen molar-refractivity contribution in [2.75, 3.05) is 0 Å². The van der Waals surface area contributed by atoms with Crippen molar-refractivity contribution in [3.63, 3.8) is 0 Å².